The van der Waals surface area contributed by atoms with Crippen molar-refractivity contribution < 1.29 is 19.4 Å². The second kappa shape index (κ2) is 8.10. The molecule has 0 spiro atoms. The molecule has 1 N–H and O–H groups in total. The maximum absolute atomic E-state index is 12.6. The maximum Gasteiger partial charge on any atom is 0.337 e. The molecule has 2 atom stereocenters. The molecule has 3 aromatic rings. The molecular weight excluding hydrogens is 434 g/mol. The molecule has 0 amide bonds. The molecule has 1 aromatic carbocycles. The molecular formula is C27H31NO4S. The smallest absolute Gasteiger partial charge is 0.337 e. The Morgan fingerprint density at radius 2 is 2.15 bits per heavy atom. The third-order valence-corrected chi connectivity index (χ3v) is 7.83. The summed E-state index contributed by atoms with van der Waals surface area (Å²) < 4.78 is 12.6. The normalized spacial score (nSPS) is 18.3. The Bertz CT molecular complexity index is 1250. The lowest BCUT2D eigenvalue weighted by atomic mass is 9.81. The summed E-state index contributed by atoms with van der Waals surface area (Å²) in [6.07, 6.45) is 3.06. The first-order valence-electron chi connectivity index (χ1n) is 11.8. The van der Waals surface area contributed by atoms with E-state index in [0.29, 0.717) is 23.8 Å². The van der Waals surface area contributed by atoms with Gasteiger partial charge in [-0.2, -0.15) is 0 Å². The van der Waals surface area contributed by atoms with Gasteiger partial charge in [0.05, 0.1) is 12.2 Å². The molecule has 174 valence electrons. The molecule has 2 aromatic heterocycles. The van der Waals surface area contributed by atoms with Gasteiger partial charge in [-0.25, -0.2) is 9.78 Å². The van der Waals surface area contributed by atoms with Crippen LogP contribution < -0.4 is 4.74 Å². The van der Waals surface area contributed by atoms with Crippen LogP contribution in [-0.4, -0.2) is 28.3 Å². The van der Waals surface area contributed by atoms with Crippen LogP contribution in [0.15, 0.2) is 18.2 Å². The summed E-state index contributed by atoms with van der Waals surface area (Å²) in [6.45, 7) is 10.3. The Labute approximate surface area is 198 Å². The summed E-state index contributed by atoms with van der Waals surface area (Å²) >= 11 is 1.76. The minimum Gasteiger partial charge on any atom is -0.492 e. The van der Waals surface area contributed by atoms with Crippen molar-refractivity contribution in [3.63, 3.8) is 0 Å². The Morgan fingerprint density at radius 1 is 1.36 bits per heavy atom. The van der Waals surface area contributed by atoms with Crippen molar-refractivity contribution in [2.45, 2.75) is 77.9 Å². The van der Waals surface area contributed by atoms with Gasteiger partial charge < -0.3 is 14.6 Å². The molecule has 5 rings (SSSR count). The predicted octanol–water partition coefficient (Wildman–Crippen LogP) is 6.59. The lowest BCUT2D eigenvalue weighted by Crippen LogP contribution is -2.28. The van der Waals surface area contributed by atoms with Gasteiger partial charge in [0.25, 0.3) is 0 Å². The Morgan fingerprint density at radius 3 is 2.85 bits per heavy atom. The number of aryl methyl sites for hydroxylation is 3. The van der Waals surface area contributed by atoms with Gasteiger partial charge in [-0.05, 0) is 70.6 Å². The molecule has 33 heavy (non-hydrogen) atoms. The third kappa shape index (κ3) is 3.83. The Kier molecular flexibility index (Phi) is 5.49. The summed E-state index contributed by atoms with van der Waals surface area (Å²) in [5.41, 5.74) is 5.10. The number of rotatable bonds is 4. The molecule has 0 radical (unpaired) electrons. The molecule has 3 heterocycles. The summed E-state index contributed by atoms with van der Waals surface area (Å²) in [4.78, 5) is 19.9. The van der Waals surface area contributed by atoms with Crippen LogP contribution in [0.25, 0.3) is 21.3 Å². The lowest BCUT2D eigenvalue weighted by Gasteiger charge is -2.31. The van der Waals surface area contributed by atoms with E-state index < -0.39 is 17.7 Å². The molecule has 0 saturated heterocycles. The zero-order valence-corrected chi connectivity index (χ0v) is 20.8. The van der Waals surface area contributed by atoms with Crippen LogP contribution in [0.5, 0.6) is 5.75 Å². The van der Waals surface area contributed by atoms with Crippen molar-refractivity contribution >= 4 is 27.5 Å². The number of carboxylic acids is 1. The number of thiophene rings is 1. The number of nitrogens with zero attached hydrogens (tertiary/aromatic N) is 1. The molecule has 6 heteroatoms. The minimum absolute atomic E-state index is 0.295. The van der Waals surface area contributed by atoms with E-state index >= 15 is 0 Å². The second-order valence-corrected chi connectivity index (χ2v) is 11.2. The number of carboxylic acid groups (broad SMARTS) is 1. The first-order valence-corrected chi connectivity index (χ1v) is 12.6. The van der Waals surface area contributed by atoms with Gasteiger partial charge in [0.15, 0.2) is 6.10 Å². The van der Waals surface area contributed by atoms with E-state index in [-0.39, 0.29) is 0 Å². The number of fused-ring (bicyclic) bond motifs is 2. The van der Waals surface area contributed by atoms with E-state index in [9.17, 15) is 9.90 Å². The zero-order chi connectivity index (χ0) is 23.5. The first-order chi connectivity index (χ1) is 15.7. The predicted molar refractivity (Wildman–Crippen MR) is 132 cm³/mol. The van der Waals surface area contributed by atoms with Crippen molar-refractivity contribution in [1.82, 2.24) is 4.98 Å². The fourth-order valence-electron chi connectivity index (χ4n) is 5.25. The second-order valence-electron chi connectivity index (χ2n) is 10.1. The number of benzene rings is 1. The fourth-order valence-corrected chi connectivity index (χ4v) is 6.61. The fraction of sp³-hybridized carbons (Fsp3) is 0.481. The molecule has 0 fully saturated rings. The highest BCUT2D eigenvalue weighted by atomic mass is 32.1. The van der Waals surface area contributed by atoms with Gasteiger partial charge in [-0.15, -0.1) is 11.3 Å². The summed E-state index contributed by atoms with van der Waals surface area (Å²) in [5.74, 6) is 0.121. The van der Waals surface area contributed by atoms with Gasteiger partial charge >= 0.3 is 5.97 Å². The molecule has 1 aliphatic carbocycles. The summed E-state index contributed by atoms with van der Waals surface area (Å²) in [7, 11) is 0. The SMILES string of the molecule is CCc1ccc2c(c1)OCC1CCCc3sc4nc(C)c([C@H](OC(C)(C)C)C(=O)O)c-2c4c31. The van der Waals surface area contributed by atoms with E-state index in [1.807, 2.05) is 27.7 Å². The van der Waals surface area contributed by atoms with Crippen molar-refractivity contribution in [2.24, 2.45) is 0 Å². The highest BCUT2D eigenvalue weighted by Gasteiger charge is 2.37. The van der Waals surface area contributed by atoms with Gasteiger partial charge in [0, 0.05) is 38.6 Å². The molecule has 2 aliphatic rings. The largest absolute Gasteiger partial charge is 0.492 e. The Hall–Kier alpha value is -2.44. The highest BCUT2D eigenvalue weighted by Crippen LogP contribution is 2.51. The number of aromatic nitrogens is 1. The third-order valence-electron chi connectivity index (χ3n) is 6.67. The monoisotopic (exact) mass is 465 g/mol. The van der Waals surface area contributed by atoms with Crippen LogP contribution in [0.4, 0.5) is 0 Å². The van der Waals surface area contributed by atoms with Gasteiger partial charge in [0.1, 0.15) is 10.6 Å². The van der Waals surface area contributed by atoms with Crippen molar-refractivity contribution in [3.8, 4) is 16.9 Å². The number of hydrogen-bond acceptors (Lipinski definition) is 5. The number of carbonyl (C=O) groups is 1. The molecule has 1 aliphatic heterocycles. The summed E-state index contributed by atoms with van der Waals surface area (Å²) in [6, 6.07) is 6.32. The average Bonchev–Trinajstić information content (AvgIpc) is 3.11. The number of ether oxygens (including phenoxy) is 2. The van der Waals surface area contributed by atoms with Crippen molar-refractivity contribution in [2.75, 3.05) is 6.61 Å². The van der Waals surface area contributed by atoms with Crippen molar-refractivity contribution in [1.29, 1.82) is 0 Å². The molecule has 1 unspecified atom stereocenters. The first kappa shape index (κ1) is 22.4. The maximum atomic E-state index is 12.6. The molecule has 0 bridgehead atoms. The minimum atomic E-state index is -1.12. The molecule has 5 nitrogen and oxygen atoms in total. The zero-order valence-electron chi connectivity index (χ0n) is 19.9. The van der Waals surface area contributed by atoms with Crippen LogP contribution in [0, 0.1) is 6.92 Å². The van der Waals surface area contributed by atoms with E-state index in [0.717, 1.165) is 52.8 Å². The summed E-state index contributed by atoms with van der Waals surface area (Å²) in [5, 5.41) is 11.4. The van der Waals surface area contributed by atoms with Crippen molar-refractivity contribution in [3.05, 3.63) is 45.5 Å². The number of pyridine rings is 1. The van der Waals surface area contributed by atoms with E-state index in [1.165, 1.54) is 16.0 Å². The van der Waals surface area contributed by atoms with Crippen LogP contribution >= 0.6 is 11.3 Å². The van der Waals surface area contributed by atoms with Crippen LogP contribution in [0.3, 0.4) is 0 Å². The van der Waals surface area contributed by atoms with Crippen LogP contribution in [0.1, 0.15) is 79.8 Å². The van der Waals surface area contributed by atoms with Crippen LogP contribution in [-0.2, 0) is 22.4 Å². The Balaban J connectivity index is 1.91. The van der Waals surface area contributed by atoms with E-state index in [4.69, 9.17) is 14.5 Å². The van der Waals surface area contributed by atoms with E-state index in [1.54, 1.807) is 11.3 Å². The van der Waals surface area contributed by atoms with Gasteiger partial charge in [-0.3, -0.25) is 0 Å². The van der Waals surface area contributed by atoms with Crippen LogP contribution in [0.2, 0.25) is 0 Å². The standard InChI is InChI=1S/C27H31NO4S/c1-6-15-10-11-17-18(12-15)31-13-16-8-7-9-19-21(16)23-22(17)20(14(2)28-25(23)33-19)24(26(29)30)32-27(3,4)5/h10-12,16,24H,6-9,13H2,1-5H3,(H,29,30)/t16?,24-/m0/s1. The quantitative estimate of drug-likeness (QED) is 0.471. The van der Waals surface area contributed by atoms with E-state index in [2.05, 4.69) is 25.1 Å². The van der Waals surface area contributed by atoms with Gasteiger partial charge in [-0.1, -0.05) is 19.1 Å². The highest BCUT2D eigenvalue weighted by molar-refractivity contribution is 7.19. The number of aliphatic carboxylic acids is 1. The van der Waals surface area contributed by atoms with Gasteiger partial charge in [0.2, 0.25) is 0 Å². The molecule has 0 saturated carbocycles. The average molecular weight is 466 g/mol. The topological polar surface area (TPSA) is 68.7 Å². The lowest BCUT2D eigenvalue weighted by molar-refractivity contribution is -0.160. The number of hydrogen-bond donors (Lipinski definition) is 1.